The van der Waals surface area contributed by atoms with E-state index >= 15 is 0 Å². The van der Waals surface area contributed by atoms with E-state index < -0.39 is 0 Å². The number of aromatic nitrogens is 1. The second-order valence-corrected chi connectivity index (χ2v) is 6.73. The van der Waals surface area contributed by atoms with Crippen LogP contribution in [0.3, 0.4) is 0 Å². The molecule has 3 rings (SSSR count). The monoisotopic (exact) mass is 450 g/mol. The fourth-order valence-corrected chi connectivity index (χ4v) is 3.31. The highest BCUT2D eigenvalue weighted by Crippen LogP contribution is 2.29. The molecule has 1 saturated heterocycles. The molecule has 9 heteroatoms. The van der Waals surface area contributed by atoms with Gasteiger partial charge in [-0.2, -0.15) is 0 Å². The summed E-state index contributed by atoms with van der Waals surface area (Å²) in [7, 11) is 0. The second-order valence-electron chi connectivity index (χ2n) is 5.91. The van der Waals surface area contributed by atoms with E-state index in [1.54, 1.807) is 18.2 Å². The molecule has 2 aromatic rings. The molecule has 1 aliphatic heterocycles. The van der Waals surface area contributed by atoms with E-state index in [0.717, 1.165) is 32.0 Å². The van der Waals surface area contributed by atoms with Gasteiger partial charge in [-0.15, -0.1) is 24.8 Å². The molecule has 0 unspecified atom stereocenters. The van der Waals surface area contributed by atoms with Crippen LogP contribution in [0.4, 0.5) is 11.5 Å². The van der Waals surface area contributed by atoms with Crippen molar-refractivity contribution in [3.05, 3.63) is 52.6 Å². The molecular formula is C18H22Cl4N4O. The van der Waals surface area contributed by atoms with Gasteiger partial charge in [-0.25, -0.2) is 4.98 Å². The van der Waals surface area contributed by atoms with Gasteiger partial charge in [0.25, 0.3) is 0 Å². The van der Waals surface area contributed by atoms with Gasteiger partial charge in [0.2, 0.25) is 5.91 Å². The summed E-state index contributed by atoms with van der Waals surface area (Å²) in [5, 5.41) is 3.70. The molecule has 0 radical (unpaired) electrons. The molecule has 148 valence electrons. The van der Waals surface area contributed by atoms with Crippen molar-refractivity contribution in [2.45, 2.75) is 6.42 Å². The first-order valence-corrected chi connectivity index (χ1v) is 9.01. The van der Waals surface area contributed by atoms with Crippen LogP contribution in [0.25, 0.3) is 0 Å². The number of hydrogen-bond acceptors (Lipinski definition) is 4. The lowest BCUT2D eigenvalue weighted by Crippen LogP contribution is -2.47. The number of anilines is 2. The summed E-state index contributed by atoms with van der Waals surface area (Å²) in [5.41, 5.74) is 0.482. The van der Waals surface area contributed by atoms with E-state index in [1.807, 2.05) is 24.4 Å². The largest absolute Gasteiger partial charge is 0.354 e. The molecule has 1 aliphatic rings. The van der Waals surface area contributed by atoms with Gasteiger partial charge < -0.3 is 10.2 Å². The Balaban J connectivity index is 0.00000182. The van der Waals surface area contributed by atoms with Crippen LogP contribution in [0, 0.1) is 0 Å². The van der Waals surface area contributed by atoms with Gasteiger partial charge in [-0.05, 0) is 24.3 Å². The zero-order valence-corrected chi connectivity index (χ0v) is 17.8. The first-order valence-electron chi connectivity index (χ1n) is 8.25. The standard InChI is InChI=1S/C18H20Cl2N4O.2ClH/c19-14-4-3-5-15(20)18(14)22-17(25)7-9-23-10-12-24(13-11-23)16-6-1-2-8-21-16;;/h1-6,8H,7,9-13H2,(H,22,25);2*1H. The maximum Gasteiger partial charge on any atom is 0.225 e. The molecule has 1 N–H and O–H groups in total. The van der Waals surface area contributed by atoms with Gasteiger partial charge in [0.15, 0.2) is 0 Å². The average Bonchev–Trinajstić information content (AvgIpc) is 2.64. The van der Waals surface area contributed by atoms with Crippen molar-refractivity contribution in [3.8, 4) is 0 Å². The summed E-state index contributed by atoms with van der Waals surface area (Å²) in [6.07, 6.45) is 2.22. The minimum absolute atomic E-state index is 0. The quantitative estimate of drug-likeness (QED) is 0.732. The molecule has 0 saturated carbocycles. The Morgan fingerprint density at radius 3 is 2.26 bits per heavy atom. The predicted octanol–water partition coefficient (Wildman–Crippen LogP) is 4.38. The Bertz CT molecular complexity index is 704. The molecule has 0 bridgehead atoms. The molecule has 2 heterocycles. The number of halogens is 4. The van der Waals surface area contributed by atoms with Crippen molar-refractivity contribution in [1.29, 1.82) is 0 Å². The Morgan fingerprint density at radius 1 is 1.00 bits per heavy atom. The Morgan fingerprint density at radius 2 is 1.67 bits per heavy atom. The number of nitrogens with zero attached hydrogens (tertiary/aromatic N) is 3. The number of hydrogen-bond donors (Lipinski definition) is 1. The summed E-state index contributed by atoms with van der Waals surface area (Å²) in [6.45, 7) is 4.36. The topological polar surface area (TPSA) is 48.5 Å². The van der Waals surface area contributed by atoms with Gasteiger partial charge in [0, 0.05) is 45.3 Å². The number of piperazine rings is 1. The molecular weight excluding hydrogens is 430 g/mol. The lowest BCUT2D eigenvalue weighted by Gasteiger charge is -2.35. The highest BCUT2D eigenvalue weighted by molar-refractivity contribution is 6.39. The van der Waals surface area contributed by atoms with Gasteiger partial charge in [-0.1, -0.05) is 35.3 Å². The zero-order chi connectivity index (χ0) is 17.6. The van der Waals surface area contributed by atoms with E-state index in [4.69, 9.17) is 23.2 Å². The lowest BCUT2D eigenvalue weighted by atomic mass is 10.2. The molecule has 0 aliphatic carbocycles. The number of benzene rings is 1. The summed E-state index contributed by atoms with van der Waals surface area (Å²) < 4.78 is 0. The van der Waals surface area contributed by atoms with Crippen LogP contribution < -0.4 is 10.2 Å². The summed E-state index contributed by atoms with van der Waals surface area (Å²) >= 11 is 12.2. The Labute approximate surface area is 181 Å². The van der Waals surface area contributed by atoms with Gasteiger partial charge in [-0.3, -0.25) is 9.69 Å². The maximum atomic E-state index is 12.2. The minimum atomic E-state index is -0.0813. The van der Waals surface area contributed by atoms with E-state index in [0.29, 0.717) is 28.7 Å². The Hall–Kier alpha value is -1.24. The summed E-state index contributed by atoms with van der Waals surface area (Å²) in [4.78, 5) is 21.1. The van der Waals surface area contributed by atoms with Crippen LogP contribution in [-0.4, -0.2) is 48.5 Å². The van der Waals surface area contributed by atoms with E-state index in [9.17, 15) is 4.79 Å². The normalized spacial score (nSPS) is 14.1. The fourth-order valence-electron chi connectivity index (χ4n) is 2.82. The molecule has 27 heavy (non-hydrogen) atoms. The molecule has 1 amide bonds. The van der Waals surface area contributed by atoms with Crippen molar-refractivity contribution in [1.82, 2.24) is 9.88 Å². The van der Waals surface area contributed by atoms with Crippen LogP contribution in [0.2, 0.25) is 10.0 Å². The fraction of sp³-hybridized carbons (Fsp3) is 0.333. The zero-order valence-electron chi connectivity index (χ0n) is 14.6. The average molecular weight is 452 g/mol. The molecule has 1 aromatic carbocycles. The number of pyridine rings is 1. The molecule has 0 spiro atoms. The third kappa shape index (κ3) is 6.70. The van der Waals surface area contributed by atoms with Crippen molar-refractivity contribution in [3.63, 3.8) is 0 Å². The smallest absolute Gasteiger partial charge is 0.225 e. The maximum absolute atomic E-state index is 12.2. The van der Waals surface area contributed by atoms with Crippen molar-refractivity contribution < 1.29 is 4.79 Å². The first-order chi connectivity index (χ1) is 12.1. The highest BCUT2D eigenvalue weighted by atomic mass is 35.5. The molecule has 0 atom stereocenters. The van der Waals surface area contributed by atoms with E-state index in [-0.39, 0.29) is 30.7 Å². The SMILES string of the molecule is Cl.Cl.O=C(CCN1CCN(c2ccccn2)CC1)Nc1c(Cl)cccc1Cl. The number of amides is 1. The van der Waals surface area contributed by atoms with Crippen molar-refractivity contribution in [2.75, 3.05) is 42.9 Å². The van der Waals surface area contributed by atoms with Crippen molar-refractivity contribution >= 4 is 65.4 Å². The summed E-state index contributed by atoms with van der Waals surface area (Å²) in [6, 6.07) is 11.1. The number of carbonyl (C=O) groups is 1. The number of rotatable bonds is 5. The van der Waals surface area contributed by atoms with Crippen LogP contribution in [0.15, 0.2) is 42.6 Å². The first kappa shape index (κ1) is 23.8. The lowest BCUT2D eigenvalue weighted by molar-refractivity contribution is -0.116. The predicted molar refractivity (Wildman–Crippen MR) is 117 cm³/mol. The minimum Gasteiger partial charge on any atom is -0.354 e. The Kier molecular flexibility index (Phi) is 10.2. The van der Waals surface area contributed by atoms with Gasteiger partial charge in [0.1, 0.15) is 5.82 Å². The van der Waals surface area contributed by atoms with E-state index in [2.05, 4.69) is 20.1 Å². The van der Waals surface area contributed by atoms with Gasteiger partial charge in [0.05, 0.1) is 15.7 Å². The van der Waals surface area contributed by atoms with Crippen LogP contribution >= 0.6 is 48.0 Å². The van der Waals surface area contributed by atoms with Gasteiger partial charge >= 0.3 is 0 Å². The number of nitrogens with one attached hydrogen (secondary N) is 1. The summed E-state index contributed by atoms with van der Waals surface area (Å²) in [5.74, 6) is 0.926. The molecule has 1 fully saturated rings. The van der Waals surface area contributed by atoms with Crippen LogP contribution in [0.1, 0.15) is 6.42 Å². The van der Waals surface area contributed by atoms with Crippen LogP contribution in [-0.2, 0) is 4.79 Å². The number of carbonyl (C=O) groups excluding carboxylic acids is 1. The van der Waals surface area contributed by atoms with Crippen molar-refractivity contribution in [2.24, 2.45) is 0 Å². The molecule has 5 nitrogen and oxygen atoms in total. The third-order valence-electron chi connectivity index (χ3n) is 4.23. The highest BCUT2D eigenvalue weighted by Gasteiger charge is 2.18. The third-order valence-corrected chi connectivity index (χ3v) is 4.86. The second kappa shape index (κ2) is 11.6. The number of para-hydroxylation sites is 1. The molecule has 1 aromatic heterocycles. The van der Waals surface area contributed by atoms with Crippen LogP contribution in [0.5, 0.6) is 0 Å². The van der Waals surface area contributed by atoms with E-state index in [1.165, 1.54) is 0 Å².